The Bertz CT molecular complexity index is 1070. The van der Waals surface area contributed by atoms with Gasteiger partial charge in [0.05, 0.1) is 17.4 Å². The van der Waals surface area contributed by atoms with Crippen molar-refractivity contribution in [3.63, 3.8) is 0 Å². The van der Waals surface area contributed by atoms with Crippen LogP contribution in [-0.2, 0) is 0 Å². The van der Waals surface area contributed by atoms with Gasteiger partial charge >= 0.3 is 0 Å². The molecule has 0 radical (unpaired) electrons. The lowest BCUT2D eigenvalue weighted by Crippen LogP contribution is -2.17. The van der Waals surface area contributed by atoms with Gasteiger partial charge in [-0.15, -0.1) is 0 Å². The summed E-state index contributed by atoms with van der Waals surface area (Å²) in [5.74, 6) is 0.854. The molecule has 0 saturated carbocycles. The molecule has 0 unspecified atom stereocenters. The number of aromatic nitrogens is 2. The Morgan fingerprint density at radius 3 is 2.07 bits per heavy atom. The van der Waals surface area contributed by atoms with E-state index >= 15 is 0 Å². The Balaban J connectivity index is 1.70. The molecule has 138 valence electrons. The first-order valence-electron chi connectivity index (χ1n) is 9.81. The zero-order valence-electron chi connectivity index (χ0n) is 15.7. The Morgan fingerprint density at radius 1 is 0.786 bits per heavy atom. The predicted molar refractivity (Wildman–Crippen MR) is 115 cm³/mol. The average Bonchev–Trinajstić information content (AvgIpc) is 3.45. The third-order valence-electron chi connectivity index (χ3n) is 5.25. The van der Waals surface area contributed by atoms with E-state index in [4.69, 9.17) is 4.99 Å². The van der Waals surface area contributed by atoms with Crippen LogP contribution < -0.4 is 4.90 Å². The summed E-state index contributed by atoms with van der Waals surface area (Å²) in [7, 11) is 0. The van der Waals surface area contributed by atoms with Crippen molar-refractivity contribution in [1.29, 1.82) is 0 Å². The largest absolute Gasteiger partial charge is 0.371 e. The smallest absolute Gasteiger partial charge is 0.156 e. The molecular weight excluding hydrogens is 344 g/mol. The van der Waals surface area contributed by atoms with Gasteiger partial charge in [-0.25, -0.2) is 9.51 Å². The highest BCUT2D eigenvalue weighted by Gasteiger charge is 2.16. The van der Waals surface area contributed by atoms with Crippen LogP contribution in [0.3, 0.4) is 0 Å². The molecule has 0 bridgehead atoms. The van der Waals surface area contributed by atoms with Gasteiger partial charge in [0.25, 0.3) is 0 Å². The molecule has 4 heteroatoms. The van der Waals surface area contributed by atoms with Crippen LogP contribution in [0, 0.1) is 0 Å². The number of nitrogens with zero attached hydrogens (tertiary/aromatic N) is 4. The van der Waals surface area contributed by atoms with E-state index in [0.29, 0.717) is 0 Å². The average molecular weight is 366 g/mol. The number of hydrogen-bond acceptors (Lipinski definition) is 3. The first-order valence-corrected chi connectivity index (χ1v) is 9.81. The maximum absolute atomic E-state index is 5.12. The van der Waals surface area contributed by atoms with E-state index in [2.05, 4.69) is 70.7 Å². The van der Waals surface area contributed by atoms with Crippen molar-refractivity contribution in [2.75, 3.05) is 18.0 Å². The molecule has 1 fully saturated rings. The van der Waals surface area contributed by atoms with Gasteiger partial charge in [0.1, 0.15) is 0 Å². The first-order chi connectivity index (χ1) is 13.9. The fraction of sp³-hybridized carbons (Fsp3) is 0.167. The summed E-state index contributed by atoms with van der Waals surface area (Å²) in [6.07, 6.45) is 4.34. The molecular formula is C24H22N4. The molecule has 1 aliphatic heterocycles. The van der Waals surface area contributed by atoms with Crippen LogP contribution in [0.1, 0.15) is 24.0 Å². The lowest BCUT2D eigenvalue weighted by Gasteiger charge is -2.18. The van der Waals surface area contributed by atoms with Gasteiger partial charge in [0.2, 0.25) is 0 Å². The quantitative estimate of drug-likeness (QED) is 0.471. The van der Waals surface area contributed by atoms with E-state index in [-0.39, 0.29) is 0 Å². The Labute approximate surface area is 164 Å². The van der Waals surface area contributed by atoms with Crippen molar-refractivity contribution in [3.8, 4) is 0 Å². The standard InChI is InChI=1S/C24H22N4/c1-3-9-19(10-4-1)24(20-11-5-2-6-12-20)26-23-18-22(27-15-7-8-16-27)17-21-13-14-25-28(21)23/h1-6,9-14,17-18H,7-8,15-16H2. The topological polar surface area (TPSA) is 32.9 Å². The third kappa shape index (κ3) is 3.18. The zero-order chi connectivity index (χ0) is 18.8. The van der Waals surface area contributed by atoms with Gasteiger partial charge in [-0.1, -0.05) is 60.7 Å². The summed E-state index contributed by atoms with van der Waals surface area (Å²) in [5.41, 5.74) is 5.45. The summed E-state index contributed by atoms with van der Waals surface area (Å²) in [4.78, 5) is 7.56. The van der Waals surface area contributed by atoms with Crippen molar-refractivity contribution in [1.82, 2.24) is 9.61 Å². The molecule has 0 amide bonds. The molecule has 3 heterocycles. The molecule has 1 aliphatic rings. The maximum atomic E-state index is 5.12. The number of rotatable bonds is 4. The first kappa shape index (κ1) is 16.8. The van der Waals surface area contributed by atoms with Crippen LogP contribution in [0.15, 0.2) is 90.1 Å². The summed E-state index contributed by atoms with van der Waals surface area (Å²) in [5, 5.41) is 4.52. The highest BCUT2D eigenvalue weighted by Crippen LogP contribution is 2.28. The van der Waals surface area contributed by atoms with Crippen LogP contribution in [0.5, 0.6) is 0 Å². The Kier molecular flexibility index (Phi) is 4.37. The van der Waals surface area contributed by atoms with Gasteiger partial charge in [0.15, 0.2) is 5.82 Å². The molecule has 4 nitrogen and oxygen atoms in total. The lowest BCUT2D eigenvalue weighted by molar-refractivity contribution is 0.934. The van der Waals surface area contributed by atoms with E-state index in [9.17, 15) is 0 Å². The third-order valence-corrected chi connectivity index (χ3v) is 5.25. The number of pyridine rings is 1. The molecule has 28 heavy (non-hydrogen) atoms. The summed E-state index contributed by atoms with van der Waals surface area (Å²) in [6.45, 7) is 2.22. The minimum absolute atomic E-state index is 0.854. The molecule has 5 rings (SSSR count). The van der Waals surface area contributed by atoms with Crippen molar-refractivity contribution in [2.24, 2.45) is 4.99 Å². The highest BCUT2D eigenvalue weighted by molar-refractivity contribution is 6.13. The van der Waals surface area contributed by atoms with Crippen LogP contribution in [0.2, 0.25) is 0 Å². The summed E-state index contributed by atoms with van der Waals surface area (Å²) < 4.78 is 1.92. The molecule has 1 saturated heterocycles. The molecule has 0 aliphatic carbocycles. The second-order valence-corrected chi connectivity index (χ2v) is 7.13. The molecule has 0 N–H and O–H groups in total. The van der Waals surface area contributed by atoms with Crippen molar-refractivity contribution in [2.45, 2.75) is 12.8 Å². The minimum atomic E-state index is 0.854. The molecule has 2 aromatic heterocycles. The van der Waals surface area contributed by atoms with E-state index in [0.717, 1.165) is 41.3 Å². The SMILES string of the molecule is c1ccc(C(=Nc2cc(N3CCCC3)cc3ccnn23)c2ccccc2)cc1. The van der Waals surface area contributed by atoms with E-state index in [1.165, 1.54) is 18.5 Å². The van der Waals surface area contributed by atoms with E-state index in [1.54, 1.807) is 0 Å². The maximum Gasteiger partial charge on any atom is 0.156 e. The number of hydrogen-bond donors (Lipinski definition) is 0. The fourth-order valence-electron chi connectivity index (χ4n) is 3.84. The minimum Gasteiger partial charge on any atom is -0.371 e. The molecule has 0 atom stereocenters. The highest BCUT2D eigenvalue weighted by atomic mass is 15.3. The van der Waals surface area contributed by atoms with Gasteiger partial charge in [0, 0.05) is 36.0 Å². The Hall–Kier alpha value is -3.40. The van der Waals surface area contributed by atoms with E-state index < -0.39 is 0 Å². The second kappa shape index (κ2) is 7.31. The van der Waals surface area contributed by atoms with Crippen LogP contribution in [0.4, 0.5) is 11.5 Å². The van der Waals surface area contributed by atoms with Crippen LogP contribution >= 0.6 is 0 Å². The number of benzene rings is 2. The molecule has 0 spiro atoms. The number of fused-ring (bicyclic) bond motifs is 1. The van der Waals surface area contributed by atoms with Crippen LogP contribution in [-0.4, -0.2) is 28.4 Å². The summed E-state index contributed by atoms with van der Waals surface area (Å²) >= 11 is 0. The second-order valence-electron chi connectivity index (χ2n) is 7.13. The summed E-state index contributed by atoms with van der Waals surface area (Å²) in [6, 6.07) is 27.1. The van der Waals surface area contributed by atoms with Gasteiger partial charge in [-0.3, -0.25) is 0 Å². The normalized spacial score (nSPS) is 13.8. The molecule has 4 aromatic rings. The van der Waals surface area contributed by atoms with Crippen molar-refractivity contribution in [3.05, 3.63) is 96.2 Å². The van der Waals surface area contributed by atoms with Crippen molar-refractivity contribution >= 4 is 22.7 Å². The van der Waals surface area contributed by atoms with Gasteiger partial charge in [-0.05, 0) is 25.0 Å². The van der Waals surface area contributed by atoms with Crippen LogP contribution in [0.25, 0.3) is 5.52 Å². The Morgan fingerprint density at radius 2 is 1.43 bits per heavy atom. The van der Waals surface area contributed by atoms with Crippen molar-refractivity contribution < 1.29 is 0 Å². The lowest BCUT2D eigenvalue weighted by atomic mass is 10.0. The number of aliphatic imine (C=N–C) groups is 1. The van der Waals surface area contributed by atoms with Gasteiger partial charge in [-0.2, -0.15) is 5.10 Å². The monoisotopic (exact) mass is 366 g/mol. The predicted octanol–water partition coefficient (Wildman–Crippen LogP) is 5.10. The zero-order valence-corrected chi connectivity index (χ0v) is 15.7. The molecule has 2 aromatic carbocycles. The fourth-order valence-corrected chi connectivity index (χ4v) is 3.84. The van der Waals surface area contributed by atoms with Gasteiger partial charge < -0.3 is 4.90 Å². The van der Waals surface area contributed by atoms with E-state index in [1.807, 2.05) is 28.9 Å². The number of anilines is 1.